The van der Waals surface area contributed by atoms with E-state index in [1.54, 1.807) is 0 Å². The molecule has 1 aromatic carbocycles. The zero-order valence-electron chi connectivity index (χ0n) is 14.1. The summed E-state index contributed by atoms with van der Waals surface area (Å²) in [4.78, 5) is 16.5. The molecular weight excluding hydrogens is 318 g/mol. The predicted molar refractivity (Wildman–Crippen MR) is 100 cm³/mol. The second-order valence-corrected chi connectivity index (χ2v) is 7.87. The Bertz CT molecular complexity index is 697. The molecule has 0 unspecified atom stereocenters. The third kappa shape index (κ3) is 4.36. The fourth-order valence-corrected chi connectivity index (χ4v) is 4.10. The first-order valence-corrected chi connectivity index (χ1v) is 9.32. The molecule has 5 heteroatoms. The van der Waals surface area contributed by atoms with Gasteiger partial charge in [0.2, 0.25) is 5.91 Å². The molecular formula is C19H25N3OS. The van der Waals surface area contributed by atoms with Crippen LogP contribution in [-0.4, -0.2) is 23.9 Å². The number of anilines is 1. The van der Waals surface area contributed by atoms with Crippen molar-refractivity contribution in [3.63, 3.8) is 0 Å². The van der Waals surface area contributed by atoms with E-state index in [4.69, 9.17) is 5.73 Å². The molecule has 4 nitrogen and oxygen atoms in total. The molecule has 1 aliphatic heterocycles. The van der Waals surface area contributed by atoms with Crippen molar-refractivity contribution in [2.45, 2.75) is 32.9 Å². The number of hydrogen-bond acceptors (Lipinski definition) is 4. The first-order chi connectivity index (χ1) is 11.6. The zero-order valence-corrected chi connectivity index (χ0v) is 14.9. The molecule has 128 valence electrons. The van der Waals surface area contributed by atoms with Crippen LogP contribution in [0.25, 0.3) is 0 Å². The van der Waals surface area contributed by atoms with Crippen LogP contribution in [0.2, 0.25) is 0 Å². The van der Waals surface area contributed by atoms with Gasteiger partial charge >= 0.3 is 0 Å². The number of nitrogens with two attached hydrogens (primary N) is 1. The van der Waals surface area contributed by atoms with Crippen LogP contribution in [0.1, 0.15) is 28.2 Å². The third-order valence-corrected chi connectivity index (χ3v) is 5.57. The highest BCUT2D eigenvalue weighted by atomic mass is 32.1. The maximum atomic E-state index is 11.5. The Morgan fingerprint density at radius 3 is 2.92 bits per heavy atom. The van der Waals surface area contributed by atoms with Crippen molar-refractivity contribution in [1.29, 1.82) is 0 Å². The Balaban J connectivity index is 1.64. The van der Waals surface area contributed by atoms with Gasteiger partial charge in [-0.05, 0) is 50.1 Å². The predicted octanol–water partition coefficient (Wildman–Crippen LogP) is 3.37. The number of para-hydroxylation sites is 1. The summed E-state index contributed by atoms with van der Waals surface area (Å²) in [5.74, 6) is -0.174. The highest BCUT2D eigenvalue weighted by molar-refractivity contribution is 7.11. The summed E-state index contributed by atoms with van der Waals surface area (Å²) < 4.78 is 0. The van der Waals surface area contributed by atoms with E-state index < -0.39 is 0 Å². The first kappa shape index (κ1) is 17.0. The summed E-state index contributed by atoms with van der Waals surface area (Å²) in [5.41, 5.74) is 7.94. The number of nitrogens with one attached hydrogen (secondary N) is 1. The second-order valence-electron chi connectivity index (χ2n) is 6.50. The summed E-state index contributed by atoms with van der Waals surface area (Å²) >= 11 is 1.83. The van der Waals surface area contributed by atoms with Gasteiger partial charge in [-0.2, -0.15) is 0 Å². The van der Waals surface area contributed by atoms with Gasteiger partial charge in [0.05, 0.1) is 5.92 Å². The molecule has 3 N–H and O–H groups in total. The molecule has 1 atom stereocenters. The molecule has 0 bridgehead atoms. The standard InChI is InChI=1S/C19H25N3OS/c1-14-8-9-17(24-14)11-21-18-7-3-2-5-15(18)12-22-10-4-6-16(13-22)19(20)23/h2-3,5,7-9,16,21H,4,6,10-13H2,1H3,(H2,20,23)/t16-/m1/s1. The Labute approximate surface area is 147 Å². The van der Waals surface area contributed by atoms with Crippen LogP contribution in [0.15, 0.2) is 36.4 Å². The molecule has 2 heterocycles. The minimum Gasteiger partial charge on any atom is -0.380 e. The summed E-state index contributed by atoms with van der Waals surface area (Å²) in [7, 11) is 0. The van der Waals surface area contributed by atoms with Crippen molar-refractivity contribution in [1.82, 2.24) is 4.90 Å². The average molecular weight is 343 g/mol. The Hall–Kier alpha value is -1.85. The Morgan fingerprint density at radius 2 is 2.17 bits per heavy atom. The molecule has 3 rings (SSSR count). The number of carbonyl (C=O) groups excluding carboxylic acids is 1. The van der Waals surface area contributed by atoms with Crippen molar-refractivity contribution in [2.75, 3.05) is 18.4 Å². The molecule has 2 aromatic rings. The summed E-state index contributed by atoms with van der Waals surface area (Å²) in [6.07, 6.45) is 1.96. The van der Waals surface area contributed by atoms with Crippen LogP contribution in [0.4, 0.5) is 5.69 Å². The van der Waals surface area contributed by atoms with E-state index in [1.165, 1.54) is 21.0 Å². The van der Waals surface area contributed by atoms with Gasteiger partial charge in [-0.3, -0.25) is 9.69 Å². The summed E-state index contributed by atoms with van der Waals surface area (Å²) in [6.45, 7) is 5.64. The average Bonchev–Trinajstić information content (AvgIpc) is 3.00. The highest BCUT2D eigenvalue weighted by Gasteiger charge is 2.24. The fraction of sp³-hybridized carbons (Fsp3) is 0.421. The maximum absolute atomic E-state index is 11.5. The molecule has 24 heavy (non-hydrogen) atoms. The molecule has 1 aromatic heterocycles. The molecule has 1 saturated heterocycles. The van der Waals surface area contributed by atoms with Crippen LogP contribution >= 0.6 is 11.3 Å². The Morgan fingerprint density at radius 1 is 1.33 bits per heavy atom. The minimum atomic E-state index is -0.167. The van der Waals surface area contributed by atoms with Crippen molar-refractivity contribution in [2.24, 2.45) is 11.7 Å². The second kappa shape index (κ2) is 7.81. The molecule has 0 spiro atoms. The van der Waals surface area contributed by atoms with E-state index in [2.05, 4.69) is 53.5 Å². The largest absolute Gasteiger partial charge is 0.380 e. The number of primary amides is 1. The number of nitrogens with zero attached hydrogens (tertiary/aromatic N) is 1. The van der Waals surface area contributed by atoms with E-state index in [-0.39, 0.29) is 11.8 Å². The third-order valence-electron chi connectivity index (χ3n) is 4.57. The van der Waals surface area contributed by atoms with E-state index in [1.807, 2.05) is 11.3 Å². The number of carbonyl (C=O) groups is 1. The SMILES string of the molecule is Cc1ccc(CNc2ccccc2CN2CCC[C@@H](C(N)=O)C2)s1. The monoisotopic (exact) mass is 343 g/mol. The smallest absolute Gasteiger partial charge is 0.221 e. The lowest BCUT2D eigenvalue weighted by Gasteiger charge is -2.31. The van der Waals surface area contributed by atoms with Crippen molar-refractivity contribution >= 4 is 22.9 Å². The number of piperidine rings is 1. The lowest BCUT2D eigenvalue weighted by atomic mass is 9.97. The summed E-state index contributed by atoms with van der Waals surface area (Å²) in [5, 5.41) is 3.56. The molecule has 1 aliphatic rings. The van der Waals surface area contributed by atoms with E-state index in [9.17, 15) is 4.79 Å². The van der Waals surface area contributed by atoms with Crippen molar-refractivity contribution < 1.29 is 4.79 Å². The number of rotatable bonds is 6. The lowest BCUT2D eigenvalue weighted by molar-refractivity contribution is -0.123. The summed E-state index contributed by atoms with van der Waals surface area (Å²) in [6, 6.07) is 12.8. The van der Waals surface area contributed by atoms with Crippen molar-refractivity contribution in [3.05, 3.63) is 51.7 Å². The van der Waals surface area contributed by atoms with E-state index in [0.717, 1.165) is 39.0 Å². The van der Waals surface area contributed by atoms with Crippen LogP contribution in [-0.2, 0) is 17.9 Å². The van der Waals surface area contributed by atoms with Gasteiger partial charge in [0, 0.05) is 35.1 Å². The zero-order chi connectivity index (χ0) is 16.9. The molecule has 0 radical (unpaired) electrons. The van der Waals surface area contributed by atoms with Crippen LogP contribution in [0.5, 0.6) is 0 Å². The quantitative estimate of drug-likeness (QED) is 0.845. The first-order valence-electron chi connectivity index (χ1n) is 8.50. The molecule has 1 fully saturated rings. The van der Waals surface area contributed by atoms with Gasteiger partial charge in [-0.25, -0.2) is 0 Å². The molecule has 1 amide bonds. The van der Waals surface area contributed by atoms with Gasteiger partial charge in [0.1, 0.15) is 0 Å². The molecule has 0 saturated carbocycles. The van der Waals surface area contributed by atoms with Gasteiger partial charge in [-0.15, -0.1) is 11.3 Å². The van der Waals surface area contributed by atoms with Gasteiger partial charge in [-0.1, -0.05) is 18.2 Å². The number of amides is 1. The number of thiophene rings is 1. The van der Waals surface area contributed by atoms with Gasteiger partial charge < -0.3 is 11.1 Å². The van der Waals surface area contributed by atoms with E-state index >= 15 is 0 Å². The maximum Gasteiger partial charge on any atom is 0.221 e. The number of benzene rings is 1. The van der Waals surface area contributed by atoms with Gasteiger partial charge in [0.15, 0.2) is 0 Å². The van der Waals surface area contributed by atoms with E-state index in [0.29, 0.717) is 0 Å². The van der Waals surface area contributed by atoms with Crippen molar-refractivity contribution in [3.8, 4) is 0 Å². The Kier molecular flexibility index (Phi) is 5.53. The normalized spacial score (nSPS) is 18.5. The van der Waals surface area contributed by atoms with Crippen LogP contribution < -0.4 is 11.1 Å². The number of hydrogen-bond donors (Lipinski definition) is 2. The lowest BCUT2D eigenvalue weighted by Crippen LogP contribution is -2.40. The van der Waals surface area contributed by atoms with Crippen LogP contribution in [0, 0.1) is 12.8 Å². The molecule has 0 aliphatic carbocycles. The fourth-order valence-electron chi connectivity index (χ4n) is 3.27. The minimum absolute atomic E-state index is 0.00651. The topological polar surface area (TPSA) is 58.4 Å². The highest BCUT2D eigenvalue weighted by Crippen LogP contribution is 2.23. The number of likely N-dealkylation sites (tertiary alicyclic amines) is 1. The van der Waals surface area contributed by atoms with Gasteiger partial charge in [0.25, 0.3) is 0 Å². The van der Waals surface area contributed by atoms with Crippen LogP contribution in [0.3, 0.4) is 0 Å². The number of aryl methyl sites for hydroxylation is 1.